The molecule has 2 amide bonds. The highest BCUT2D eigenvalue weighted by Crippen LogP contribution is 2.28. The fraction of sp³-hybridized carbons (Fsp3) is 0.182. The topological polar surface area (TPSA) is 124 Å². The molecule has 4 N–H and O–H groups in total. The number of carbonyl (C=O) groups excluding carboxylic acids is 2. The third-order valence-corrected chi connectivity index (χ3v) is 5.00. The number of rotatable bonds is 6. The van der Waals surface area contributed by atoms with E-state index in [1.807, 2.05) is 0 Å². The van der Waals surface area contributed by atoms with Crippen LogP contribution in [0.4, 0.5) is 10.2 Å². The van der Waals surface area contributed by atoms with Crippen LogP contribution in [0, 0.1) is 5.82 Å². The van der Waals surface area contributed by atoms with Crippen LogP contribution in [0.15, 0.2) is 54.6 Å². The van der Waals surface area contributed by atoms with E-state index in [2.05, 4.69) is 9.97 Å². The van der Waals surface area contributed by atoms with Gasteiger partial charge in [0.15, 0.2) is 5.82 Å². The van der Waals surface area contributed by atoms with E-state index in [-0.39, 0.29) is 17.3 Å². The minimum absolute atomic E-state index is 0.0433. The van der Waals surface area contributed by atoms with Crippen LogP contribution in [0.2, 0.25) is 0 Å². The van der Waals surface area contributed by atoms with Crippen LogP contribution >= 0.6 is 0 Å². The normalized spacial score (nSPS) is 15.6. The van der Waals surface area contributed by atoms with Crippen molar-refractivity contribution in [2.24, 2.45) is 11.5 Å². The van der Waals surface area contributed by atoms with Crippen LogP contribution < -0.4 is 21.1 Å². The van der Waals surface area contributed by atoms with Crippen LogP contribution in [0.25, 0.3) is 11.4 Å². The van der Waals surface area contributed by atoms with E-state index in [4.69, 9.17) is 16.2 Å². The maximum Gasteiger partial charge on any atom is 0.267 e. The van der Waals surface area contributed by atoms with E-state index < -0.39 is 17.9 Å². The van der Waals surface area contributed by atoms with E-state index in [1.165, 1.54) is 30.3 Å². The Bertz CT molecular complexity index is 1120. The molecule has 31 heavy (non-hydrogen) atoms. The predicted octanol–water partition coefficient (Wildman–Crippen LogP) is 2.63. The Hall–Kier alpha value is -4.01. The Balaban J connectivity index is 1.63. The number of primary amides is 2. The van der Waals surface area contributed by atoms with Crippen molar-refractivity contribution >= 4 is 17.6 Å². The van der Waals surface area contributed by atoms with Crippen LogP contribution in [-0.4, -0.2) is 34.4 Å². The van der Waals surface area contributed by atoms with Crippen molar-refractivity contribution in [2.45, 2.75) is 18.9 Å². The molecule has 1 aliphatic rings. The molecular formula is C22H20FN5O3. The molecule has 158 valence electrons. The first-order chi connectivity index (χ1) is 14.9. The molecule has 1 unspecified atom stereocenters. The molecule has 8 nitrogen and oxygen atoms in total. The number of hydrogen-bond donors (Lipinski definition) is 2. The maximum atomic E-state index is 13.0. The van der Waals surface area contributed by atoms with Gasteiger partial charge >= 0.3 is 0 Å². The third kappa shape index (κ3) is 4.45. The lowest BCUT2D eigenvalue weighted by Gasteiger charge is -2.23. The summed E-state index contributed by atoms with van der Waals surface area (Å²) in [4.78, 5) is 34.2. The highest BCUT2D eigenvalue weighted by Gasteiger charge is 2.31. The average Bonchev–Trinajstić information content (AvgIpc) is 3.26. The van der Waals surface area contributed by atoms with Gasteiger partial charge in [0.2, 0.25) is 5.91 Å². The number of anilines is 1. The summed E-state index contributed by atoms with van der Waals surface area (Å²) in [6.07, 6.45) is 1.41. The molecule has 1 aromatic heterocycles. The van der Waals surface area contributed by atoms with Crippen LogP contribution in [0.3, 0.4) is 0 Å². The molecule has 1 aliphatic heterocycles. The summed E-state index contributed by atoms with van der Waals surface area (Å²) < 4.78 is 18.7. The molecule has 3 aromatic rings. The molecule has 1 fully saturated rings. The van der Waals surface area contributed by atoms with E-state index in [1.54, 1.807) is 29.2 Å². The summed E-state index contributed by atoms with van der Waals surface area (Å²) in [5.74, 6) is 0.254. The molecule has 0 bridgehead atoms. The van der Waals surface area contributed by atoms with Crippen molar-refractivity contribution in [3.05, 3.63) is 66.1 Å². The second-order valence-corrected chi connectivity index (χ2v) is 7.13. The Morgan fingerprint density at radius 2 is 1.65 bits per heavy atom. The number of halogens is 1. The van der Waals surface area contributed by atoms with Crippen LogP contribution in [0.1, 0.15) is 23.3 Å². The quantitative estimate of drug-likeness (QED) is 0.630. The van der Waals surface area contributed by atoms with E-state index >= 15 is 0 Å². The highest BCUT2D eigenvalue weighted by molar-refractivity contribution is 5.92. The Labute approximate surface area is 177 Å². The second-order valence-electron chi connectivity index (χ2n) is 7.13. The van der Waals surface area contributed by atoms with Gasteiger partial charge in [-0.2, -0.15) is 0 Å². The number of amides is 2. The van der Waals surface area contributed by atoms with Crippen LogP contribution in [-0.2, 0) is 4.79 Å². The fourth-order valence-electron chi connectivity index (χ4n) is 3.48. The van der Waals surface area contributed by atoms with Gasteiger partial charge in [-0.1, -0.05) is 0 Å². The number of hydrogen-bond acceptors (Lipinski definition) is 6. The summed E-state index contributed by atoms with van der Waals surface area (Å²) in [6, 6.07) is 13.5. The average molecular weight is 421 g/mol. The van der Waals surface area contributed by atoms with Crippen molar-refractivity contribution < 1.29 is 18.7 Å². The van der Waals surface area contributed by atoms with Gasteiger partial charge in [-0.25, -0.2) is 14.4 Å². The first kappa shape index (κ1) is 20.3. The van der Waals surface area contributed by atoms with Crippen molar-refractivity contribution in [1.29, 1.82) is 0 Å². The minimum Gasteiger partial charge on any atom is -0.457 e. The first-order valence-electron chi connectivity index (χ1n) is 9.69. The molecule has 0 aliphatic carbocycles. The Morgan fingerprint density at radius 3 is 2.26 bits per heavy atom. The summed E-state index contributed by atoms with van der Waals surface area (Å²) in [7, 11) is 0. The molecule has 2 aromatic carbocycles. The number of ether oxygens (including phenoxy) is 1. The van der Waals surface area contributed by atoms with Gasteiger partial charge in [0.1, 0.15) is 34.9 Å². The van der Waals surface area contributed by atoms with Gasteiger partial charge in [0.05, 0.1) is 0 Å². The van der Waals surface area contributed by atoms with Crippen molar-refractivity contribution in [2.75, 3.05) is 11.4 Å². The number of nitrogens with two attached hydrogens (primary N) is 2. The summed E-state index contributed by atoms with van der Waals surface area (Å²) in [5.41, 5.74) is 11.6. The van der Waals surface area contributed by atoms with Crippen molar-refractivity contribution in [3.8, 4) is 22.9 Å². The van der Waals surface area contributed by atoms with Gasteiger partial charge in [-0.05, 0) is 61.4 Å². The summed E-state index contributed by atoms with van der Waals surface area (Å²) in [6.45, 7) is 0.590. The molecule has 9 heteroatoms. The molecule has 2 heterocycles. The number of benzene rings is 2. The molecule has 0 radical (unpaired) electrons. The lowest BCUT2D eigenvalue weighted by Crippen LogP contribution is -2.41. The second kappa shape index (κ2) is 8.39. The fourth-order valence-corrected chi connectivity index (χ4v) is 3.48. The van der Waals surface area contributed by atoms with Crippen molar-refractivity contribution in [1.82, 2.24) is 9.97 Å². The van der Waals surface area contributed by atoms with Gasteiger partial charge in [0, 0.05) is 18.2 Å². The maximum absolute atomic E-state index is 13.0. The molecule has 0 spiro atoms. The molecule has 1 saturated heterocycles. The summed E-state index contributed by atoms with van der Waals surface area (Å²) in [5, 5.41) is 0. The zero-order valence-corrected chi connectivity index (χ0v) is 16.5. The number of nitrogens with zero attached hydrogens (tertiary/aromatic N) is 3. The highest BCUT2D eigenvalue weighted by atomic mass is 19.1. The van der Waals surface area contributed by atoms with E-state index in [0.29, 0.717) is 35.8 Å². The molecular weight excluding hydrogens is 401 g/mol. The largest absolute Gasteiger partial charge is 0.457 e. The molecule has 0 saturated carbocycles. The zero-order chi connectivity index (χ0) is 22.0. The van der Waals surface area contributed by atoms with Gasteiger partial charge in [-0.3, -0.25) is 9.59 Å². The summed E-state index contributed by atoms with van der Waals surface area (Å²) >= 11 is 0. The molecule has 4 rings (SSSR count). The first-order valence-corrected chi connectivity index (χ1v) is 9.69. The standard InChI is InChI=1S/C22H20FN5O3/c23-14-5-9-16(10-6-14)31-15-7-3-13(4-8-15)22-26-17(20(24)29)12-19(27-22)28-11-1-2-18(28)21(25)30/h3-10,12,18H,1-2,11H2,(H2,24,29)(H2,25,30). The predicted molar refractivity (Wildman–Crippen MR) is 112 cm³/mol. The number of carbonyl (C=O) groups is 2. The zero-order valence-electron chi connectivity index (χ0n) is 16.5. The van der Waals surface area contributed by atoms with E-state index in [0.717, 1.165) is 6.42 Å². The Morgan fingerprint density at radius 1 is 1.00 bits per heavy atom. The Kier molecular flexibility index (Phi) is 5.48. The van der Waals surface area contributed by atoms with Gasteiger partial charge in [-0.15, -0.1) is 0 Å². The van der Waals surface area contributed by atoms with Gasteiger partial charge < -0.3 is 21.1 Å². The number of aromatic nitrogens is 2. The van der Waals surface area contributed by atoms with Crippen LogP contribution in [0.5, 0.6) is 11.5 Å². The molecule has 1 atom stereocenters. The third-order valence-electron chi connectivity index (χ3n) is 5.00. The smallest absolute Gasteiger partial charge is 0.267 e. The lowest BCUT2D eigenvalue weighted by molar-refractivity contribution is -0.119. The monoisotopic (exact) mass is 421 g/mol. The minimum atomic E-state index is -0.698. The van der Waals surface area contributed by atoms with Gasteiger partial charge in [0.25, 0.3) is 5.91 Å². The van der Waals surface area contributed by atoms with Crippen molar-refractivity contribution in [3.63, 3.8) is 0 Å². The van der Waals surface area contributed by atoms with E-state index in [9.17, 15) is 14.0 Å². The lowest BCUT2D eigenvalue weighted by atomic mass is 10.2. The SMILES string of the molecule is NC(=O)c1cc(N2CCCC2C(N)=O)nc(-c2ccc(Oc3ccc(F)cc3)cc2)n1.